The van der Waals surface area contributed by atoms with Gasteiger partial charge >= 0.3 is 0 Å². The highest BCUT2D eigenvalue weighted by Crippen LogP contribution is 2.06. The summed E-state index contributed by atoms with van der Waals surface area (Å²) in [4.78, 5) is 2.53. The standard InChI is InChI=1S/C13H30N2S/c1-11(2)8-15(9-12(3)4)10-13(14)6-7-16-5/h11-13H,6-10,14H2,1-5H3/t13-/m1/s1. The molecule has 0 heterocycles. The van der Waals surface area contributed by atoms with E-state index in [1.807, 2.05) is 11.8 Å². The Bertz CT molecular complexity index is 150. The highest BCUT2D eigenvalue weighted by atomic mass is 32.2. The van der Waals surface area contributed by atoms with Gasteiger partial charge in [0.2, 0.25) is 0 Å². The second-order valence-electron chi connectivity index (χ2n) is 5.55. The average Bonchev–Trinajstić information content (AvgIpc) is 2.12. The Balaban J connectivity index is 3.98. The van der Waals surface area contributed by atoms with E-state index in [2.05, 4.69) is 38.9 Å². The van der Waals surface area contributed by atoms with Crippen LogP contribution in [0.25, 0.3) is 0 Å². The first-order valence-electron chi connectivity index (χ1n) is 6.42. The summed E-state index contributed by atoms with van der Waals surface area (Å²) >= 11 is 1.89. The van der Waals surface area contributed by atoms with E-state index < -0.39 is 0 Å². The molecule has 0 saturated carbocycles. The molecular weight excluding hydrogens is 216 g/mol. The zero-order valence-electron chi connectivity index (χ0n) is 11.7. The Labute approximate surface area is 106 Å². The van der Waals surface area contributed by atoms with Gasteiger partial charge in [0.15, 0.2) is 0 Å². The predicted octanol–water partition coefficient (Wildman–Crippen LogP) is 2.68. The van der Waals surface area contributed by atoms with Crippen LogP contribution in [0.1, 0.15) is 34.1 Å². The molecule has 0 aromatic heterocycles. The van der Waals surface area contributed by atoms with Crippen LogP contribution in [0.5, 0.6) is 0 Å². The van der Waals surface area contributed by atoms with Crippen molar-refractivity contribution in [3.8, 4) is 0 Å². The van der Waals surface area contributed by atoms with Crippen molar-refractivity contribution < 1.29 is 0 Å². The molecule has 0 aromatic rings. The Kier molecular flexibility index (Phi) is 9.47. The van der Waals surface area contributed by atoms with E-state index in [0.29, 0.717) is 6.04 Å². The minimum absolute atomic E-state index is 0.338. The van der Waals surface area contributed by atoms with Crippen molar-refractivity contribution in [2.24, 2.45) is 17.6 Å². The molecular formula is C13H30N2S. The Morgan fingerprint density at radius 2 is 1.50 bits per heavy atom. The first-order valence-corrected chi connectivity index (χ1v) is 7.82. The summed E-state index contributed by atoms with van der Waals surface area (Å²) in [7, 11) is 0. The minimum atomic E-state index is 0.338. The first-order chi connectivity index (χ1) is 7.45. The summed E-state index contributed by atoms with van der Waals surface area (Å²) in [5.74, 6) is 2.64. The van der Waals surface area contributed by atoms with Crippen LogP contribution in [0.4, 0.5) is 0 Å². The zero-order chi connectivity index (χ0) is 12.6. The van der Waals surface area contributed by atoms with Gasteiger partial charge in [0.05, 0.1) is 0 Å². The van der Waals surface area contributed by atoms with Crippen LogP contribution >= 0.6 is 11.8 Å². The summed E-state index contributed by atoms with van der Waals surface area (Å²) in [6, 6.07) is 0.338. The molecule has 0 amide bonds. The summed E-state index contributed by atoms with van der Waals surface area (Å²) in [5, 5.41) is 0. The molecule has 0 spiro atoms. The molecule has 0 aliphatic carbocycles. The molecule has 0 rings (SSSR count). The average molecular weight is 246 g/mol. The van der Waals surface area contributed by atoms with Crippen LogP contribution in [0.15, 0.2) is 0 Å². The van der Waals surface area contributed by atoms with Crippen molar-refractivity contribution >= 4 is 11.8 Å². The monoisotopic (exact) mass is 246 g/mol. The molecule has 0 bridgehead atoms. The Morgan fingerprint density at radius 1 is 1.00 bits per heavy atom. The molecule has 16 heavy (non-hydrogen) atoms. The van der Waals surface area contributed by atoms with Gasteiger partial charge in [-0.1, -0.05) is 27.7 Å². The number of nitrogens with two attached hydrogens (primary N) is 1. The van der Waals surface area contributed by atoms with E-state index in [0.717, 1.165) is 24.8 Å². The topological polar surface area (TPSA) is 29.3 Å². The van der Waals surface area contributed by atoms with Gasteiger partial charge in [-0.2, -0.15) is 11.8 Å². The SMILES string of the molecule is CSCC[C@@H](N)CN(CC(C)C)CC(C)C. The van der Waals surface area contributed by atoms with Crippen LogP contribution in [0.2, 0.25) is 0 Å². The maximum atomic E-state index is 6.16. The largest absolute Gasteiger partial charge is 0.327 e. The summed E-state index contributed by atoms with van der Waals surface area (Å²) in [5.41, 5.74) is 6.16. The van der Waals surface area contributed by atoms with E-state index in [1.165, 1.54) is 18.8 Å². The fraction of sp³-hybridized carbons (Fsp3) is 1.00. The van der Waals surface area contributed by atoms with Gasteiger partial charge in [0.25, 0.3) is 0 Å². The van der Waals surface area contributed by atoms with Gasteiger partial charge < -0.3 is 10.6 Å². The molecule has 1 atom stereocenters. The fourth-order valence-electron chi connectivity index (χ4n) is 1.95. The molecule has 0 radical (unpaired) electrons. The highest BCUT2D eigenvalue weighted by Gasteiger charge is 2.13. The molecule has 2 N–H and O–H groups in total. The fourth-order valence-corrected chi connectivity index (χ4v) is 2.49. The van der Waals surface area contributed by atoms with Gasteiger partial charge in [0, 0.05) is 25.7 Å². The van der Waals surface area contributed by atoms with Crippen molar-refractivity contribution in [1.29, 1.82) is 0 Å². The van der Waals surface area contributed by atoms with Gasteiger partial charge in [0.1, 0.15) is 0 Å². The predicted molar refractivity (Wildman–Crippen MR) is 77.1 cm³/mol. The molecule has 3 heteroatoms. The van der Waals surface area contributed by atoms with E-state index >= 15 is 0 Å². The number of hydrogen-bond donors (Lipinski definition) is 1. The third-order valence-corrected chi connectivity index (χ3v) is 3.08. The second kappa shape index (κ2) is 9.32. The van der Waals surface area contributed by atoms with Crippen LogP contribution in [0, 0.1) is 11.8 Å². The lowest BCUT2D eigenvalue weighted by Crippen LogP contribution is -2.41. The number of nitrogens with zero attached hydrogens (tertiary/aromatic N) is 1. The van der Waals surface area contributed by atoms with Crippen molar-refractivity contribution in [2.45, 2.75) is 40.2 Å². The quantitative estimate of drug-likeness (QED) is 0.678. The van der Waals surface area contributed by atoms with E-state index in [4.69, 9.17) is 5.73 Å². The Hall–Kier alpha value is 0.270. The highest BCUT2D eigenvalue weighted by molar-refractivity contribution is 7.98. The molecule has 0 fully saturated rings. The molecule has 0 unspecified atom stereocenters. The van der Waals surface area contributed by atoms with Crippen molar-refractivity contribution in [2.75, 3.05) is 31.6 Å². The van der Waals surface area contributed by atoms with Crippen LogP contribution in [0.3, 0.4) is 0 Å². The number of thioether (sulfide) groups is 1. The zero-order valence-corrected chi connectivity index (χ0v) is 12.5. The lowest BCUT2D eigenvalue weighted by molar-refractivity contribution is 0.206. The first kappa shape index (κ1) is 16.3. The van der Waals surface area contributed by atoms with Crippen LogP contribution in [-0.4, -0.2) is 42.6 Å². The second-order valence-corrected chi connectivity index (χ2v) is 6.53. The van der Waals surface area contributed by atoms with Gasteiger partial charge in [-0.3, -0.25) is 0 Å². The van der Waals surface area contributed by atoms with Gasteiger partial charge in [-0.25, -0.2) is 0 Å². The third kappa shape index (κ3) is 9.49. The molecule has 98 valence electrons. The maximum Gasteiger partial charge on any atom is 0.0175 e. The smallest absolute Gasteiger partial charge is 0.0175 e. The number of rotatable bonds is 9. The van der Waals surface area contributed by atoms with Gasteiger partial charge in [-0.05, 0) is 30.3 Å². The van der Waals surface area contributed by atoms with Crippen molar-refractivity contribution in [1.82, 2.24) is 4.90 Å². The summed E-state index contributed by atoms with van der Waals surface area (Å²) < 4.78 is 0. The molecule has 0 aliphatic rings. The normalized spacial score (nSPS) is 14.1. The molecule has 2 nitrogen and oxygen atoms in total. The summed E-state index contributed by atoms with van der Waals surface area (Å²) in [6.45, 7) is 12.5. The minimum Gasteiger partial charge on any atom is -0.327 e. The summed E-state index contributed by atoms with van der Waals surface area (Å²) in [6.07, 6.45) is 3.28. The molecule has 0 saturated heterocycles. The van der Waals surface area contributed by atoms with Crippen molar-refractivity contribution in [3.63, 3.8) is 0 Å². The lowest BCUT2D eigenvalue weighted by Gasteiger charge is -2.28. The van der Waals surface area contributed by atoms with Crippen molar-refractivity contribution in [3.05, 3.63) is 0 Å². The maximum absolute atomic E-state index is 6.16. The van der Waals surface area contributed by atoms with E-state index in [9.17, 15) is 0 Å². The van der Waals surface area contributed by atoms with E-state index in [-0.39, 0.29) is 0 Å². The van der Waals surface area contributed by atoms with Crippen LogP contribution in [-0.2, 0) is 0 Å². The molecule has 0 aromatic carbocycles. The molecule has 0 aliphatic heterocycles. The number of hydrogen-bond acceptors (Lipinski definition) is 3. The Morgan fingerprint density at radius 3 is 1.88 bits per heavy atom. The van der Waals surface area contributed by atoms with Gasteiger partial charge in [-0.15, -0.1) is 0 Å². The van der Waals surface area contributed by atoms with Crippen LogP contribution < -0.4 is 5.73 Å². The third-order valence-electron chi connectivity index (χ3n) is 2.43. The lowest BCUT2D eigenvalue weighted by atomic mass is 10.1. The van der Waals surface area contributed by atoms with E-state index in [1.54, 1.807) is 0 Å².